The summed E-state index contributed by atoms with van der Waals surface area (Å²) in [5.41, 5.74) is 0.304. The molecule has 3 heterocycles. The Hall–Kier alpha value is -5.82. The number of hydrogen-bond acceptors (Lipinski definition) is 7. The maximum absolute atomic E-state index is 15.5. The lowest BCUT2D eigenvalue weighted by atomic mass is 10.1. The van der Waals surface area contributed by atoms with Gasteiger partial charge in [-0.05, 0) is 81.4 Å². The number of anilines is 1. The molecule has 1 amide bonds. The van der Waals surface area contributed by atoms with Crippen LogP contribution >= 0.6 is 11.6 Å². The van der Waals surface area contributed by atoms with Gasteiger partial charge < -0.3 is 14.8 Å². The zero-order valence-electron chi connectivity index (χ0n) is 26.0. The third-order valence-corrected chi connectivity index (χ3v) is 7.39. The fourth-order valence-corrected chi connectivity index (χ4v) is 5.09. The molecule has 0 saturated heterocycles. The zero-order chi connectivity index (χ0) is 34.3. The van der Waals surface area contributed by atoms with E-state index in [0.29, 0.717) is 16.5 Å². The number of carbonyl (C=O) groups is 2. The lowest BCUT2D eigenvalue weighted by Gasteiger charge is -2.18. The van der Waals surface area contributed by atoms with Crippen molar-refractivity contribution in [3.63, 3.8) is 0 Å². The van der Waals surface area contributed by atoms with Crippen LogP contribution in [0.15, 0.2) is 90.1 Å². The van der Waals surface area contributed by atoms with Crippen molar-refractivity contribution in [3.05, 3.63) is 118 Å². The van der Waals surface area contributed by atoms with Crippen LogP contribution in [0.1, 0.15) is 31.1 Å². The molecule has 6 rings (SSSR count). The van der Waals surface area contributed by atoms with Crippen LogP contribution in [0.5, 0.6) is 11.5 Å². The number of fused-ring (bicyclic) bond motifs is 1. The number of halogens is 3. The highest BCUT2D eigenvalue weighted by atomic mass is 35.5. The summed E-state index contributed by atoms with van der Waals surface area (Å²) in [6.07, 6.45) is 3.90. The molecule has 0 spiro atoms. The molecule has 48 heavy (non-hydrogen) atoms. The third-order valence-electron chi connectivity index (χ3n) is 7.10. The molecule has 0 saturated carbocycles. The molecule has 0 aliphatic heterocycles. The molecule has 0 aliphatic rings. The fourth-order valence-electron chi connectivity index (χ4n) is 4.86. The smallest absolute Gasteiger partial charge is 0.435 e. The molecule has 244 valence electrons. The van der Waals surface area contributed by atoms with Crippen molar-refractivity contribution in [1.82, 2.24) is 24.1 Å². The van der Waals surface area contributed by atoms with Crippen molar-refractivity contribution in [3.8, 4) is 28.3 Å². The van der Waals surface area contributed by atoms with E-state index in [9.17, 15) is 18.8 Å². The maximum atomic E-state index is 15.5. The number of rotatable bonds is 6. The Morgan fingerprint density at radius 1 is 0.917 bits per heavy atom. The molecule has 0 unspecified atom stereocenters. The van der Waals surface area contributed by atoms with Gasteiger partial charge in [-0.15, -0.1) is 0 Å². The van der Waals surface area contributed by atoms with E-state index in [4.69, 9.17) is 21.1 Å². The molecule has 1 N–H and O–H groups in total. The van der Waals surface area contributed by atoms with Crippen molar-refractivity contribution in [2.24, 2.45) is 7.05 Å². The first kappa shape index (κ1) is 32.1. The van der Waals surface area contributed by atoms with Gasteiger partial charge >= 0.3 is 6.09 Å². The Kier molecular flexibility index (Phi) is 8.31. The topological polar surface area (TPSA) is 122 Å². The average Bonchev–Trinajstić information content (AvgIpc) is 3.65. The number of ether oxygens (including phenoxy) is 2. The third kappa shape index (κ3) is 6.53. The number of hydrogen-bond donors (Lipinski definition) is 1. The Bertz CT molecular complexity index is 2270. The Balaban J connectivity index is 1.27. The molecule has 0 bridgehead atoms. The first-order valence-electron chi connectivity index (χ1n) is 14.5. The van der Waals surface area contributed by atoms with Crippen LogP contribution in [0, 0.1) is 11.6 Å². The Labute approximate surface area is 276 Å². The van der Waals surface area contributed by atoms with Crippen LogP contribution in [0.2, 0.25) is 5.15 Å². The quantitative estimate of drug-likeness (QED) is 0.184. The molecule has 0 aliphatic carbocycles. The molecule has 0 atom stereocenters. The second-order valence-corrected chi connectivity index (χ2v) is 12.1. The lowest BCUT2D eigenvalue weighted by Crippen LogP contribution is -2.28. The zero-order valence-corrected chi connectivity index (χ0v) is 26.8. The van der Waals surface area contributed by atoms with Crippen LogP contribution in [0.25, 0.3) is 27.7 Å². The second kappa shape index (κ2) is 12.4. The van der Waals surface area contributed by atoms with E-state index in [-0.39, 0.29) is 33.6 Å². The van der Waals surface area contributed by atoms with E-state index in [0.717, 1.165) is 33.0 Å². The minimum absolute atomic E-state index is 0.0109. The predicted molar refractivity (Wildman–Crippen MR) is 175 cm³/mol. The van der Waals surface area contributed by atoms with E-state index in [1.54, 1.807) is 50.8 Å². The fraction of sp³-hybridized carbons (Fsp3) is 0.147. The monoisotopic (exact) mass is 672 g/mol. The first-order chi connectivity index (χ1) is 22.8. The Morgan fingerprint density at radius 2 is 1.67 bits per heavy atom. The number of nitrogens with one attached hydrogen (secondary N) is 1. The van der Waals surface area contributed by atoms with Crippen molar-refractivity contribution in [2.75, 3.05) is 5.32 Å². The van der Waals surface area contributed by atoms with Crippen LogP contribution in [-0.4, -0.2) is 41.7 Å². The van der Waals surface area contributed by atoms with Gasteiger partial charge in [-0.2, -0.15) is 14.9 Å². The molecule has 14 heteroatoms. The second-order valence-electron chi connectivity index (χ2n) is 11.7. The molecule has 11 nitrogen and oxygen atoms in total. The summed E-state index contributed by atoms with van der Waals surface area (Å²) < 4.78 is 44.1. The van der Waals surface area contributed by atoms with Crippen molar-refractivity contribution < 1.29 is 27.8 Å². The summed E-state index contributed by atoms with van der Waals surface area (Å²) in [6, 6.07) is 14.9. The van der Waals surface area contributed by atoms with Crippen LogP contribution in [0.3, 0.4) is 0 Å². The predicted octanol–water partition coefficient (Wildman–Crippen LogP) is 7.35. The van der Waals surface area contributed by atoms with Gasteiger partial charge in [-0.3, -0.25) is 18.8 Å². The molecule has 6 aromatic rings. The summed E-state index contributed by atoms with van der Waals surface area (Å²) in [5, 5.41) is 11.7. The van der Waals surface area contributed by atoms with E-state index in [1.165, 1.54) is 48.8 Å². The number of aromatic nitrogens is 5. The normalized spacial score (nSPS) is 11.5. The van der Waals surface area contributed by atoms with E-state index >= 15 is 4.39 Å². The highest BCUT2D eigenvalue weighted by molar-refractivity contribution is 6.30. The summed E-state index contributed by atoms with van der Waals surface area (Å²) in [5.74, 6) is -2.05. The van der Waals surface area contributed by atoms with Crippen LogP contribution in [0.4, 0.5) is 19.3 Å². The number of carbonyl (C=O) groups excluding carboxylic acids is 2. The molecular formula is C34H27ClF2N6O5. The van der Waals surface area contributed by atoms with Crippen molar-refractivity contribution in [2.45, 2.75) is 26.4 Å². The highest BCUT2D eigenvalue weighted by Gasteiger charge is 2.22. The summed E-state index contributed by atoms with van der Waals surface area (Å²) in [6.45, 7) is 5.23. The standard InChI is InChI=1S/C34H27ClF2N6O5/c1-34(2,3)48-33(46)42-18-20(17-39-42)25-15-27-19(16-38-41(27)4)13-29(25)47-28-11-7-22(14-26(28)37)40-31(44)24-10-12-30(35)43(32(24)45)23-8-5-21(36)6-9-23/h5-18H,1-4H3,(H,40,44). The van der Waals surface area contributed by atoms with E-state index in [1.807, 2.05) is 0 Å². The first-order valence-corrected chi connectivity index (χ1v) is 14.9. The molecule has 3 aromatic carbocycles. The summed E-state index contributed by atoms with van der Waals surface area (Å²) >= 11 is 6.21. The number of amides is 1. The largest absolute Gasteiger partial charge is 0.454 e. The minimum Gasteiger partial charge on any atom is -0.454 e. The maximum Gasteiger partial charge on any atom is 0.435 e. The van der Waals surface area contributed by atoms with Gasteiger partial charge in [0.1, 0.15) is 27.9 Å². The van der Waals surface area contributed by atoms with Gasteiger partial charge in [0.15, 0.2) is 11.6 Å². The van der Waals surface area contributed by atoms with Crippen LogP contribution < -0.4 is 15.6 Å². The number of pyridine rings is 1. The van der Waals surface area contributed by atoms with Crippen LogP contribution in [-0.2, 0) is 11.8 Å². The molecule has 0 radical (unpaired) electrons. The van der Waals surface area contributed by atoms with E-state index in [2.05, 4.69) is 15.5 Å². The van der Waals surface area contributed by atoms with Gasteiger partial charge in [-0.25, -0.2) is 13.6 Å². The highest BCUT2D eigenvalue weighted by Crippen LogP contribution is 2.38. The van der Waals surface area contributed by atoms with Gasteiger partial charge in [0.2, 0.25) is 0 Å². The van der Waals surface area contributed by atoms with E-state index < -0.39 is 34.8 Å². The van der Waals surface area contributed by atoms with Gasteiger partial charge in [0, 0.05) is 41.5 Å². The average molecular weight is 673 g/mol. The van der Waals surface area contributed by atoms with Crippen molar-refractivity contribution in [1.29, 1.82) is 0 Å². The van der Waals surface area contributed by atoms with Crippen molar-refractivity contribution >= 4 is 40.2 Å². The molecular weight excluding hydrogens is 646 g/mol. The van der Waals surface area contributed by atoms with Gasteiger partial charge in [0.05, 0.1) is 23.6 Å². The lowest BCUT2D eigenvalue weighted by molar-refractivity contribution is 0.0514. The minimum atomic E-state index is -0.813. The number of benzene rings is 3. The van der Waals surface area contributed by atoms with Gasteiger partial charge in [-0.1, -0.05) is 11.6 Å². The Morgan fingerprint density at radius 3 is 2.38 bits per heavy atom. The summed E-state index contributed by atoms with van der Waals surface area (Å²) in [4.78, 5) is 38.9. The molecule has 0 fully saturated rings. The van der Waals surface area contributed by atoms with Gasteiger partial charge in [0.25, 0.3) is 11.5 Å². The summed E-state index contributed by atoms with van der Waals surface area (Å²) in [7, 11) is 1.77. The number of nitrogens with zero attached hydrogens (tertiary/aromatic N) is 5. The SMILES string of the molecule is Cn1ncc2cc(Oc3ccc(NC(=O)c4ccc(Cl)n(-c5ccc(F)cc5)c4=O)cc3F)c(-c3cnn(C(=O)OC(C)(C)C)c3)cc21. The number of aryl methyl sites for hydroxylation is 1. The molecule has 3 aromatic heterocycles.